The van der Waals surface area contributed by atoms with Gasteiger partial charge in [-0.25, -0.2) is 0 Å². The van der Waals surface area contributed by atoms with Gasteiger partial charge < -0.3 is 15.4 Å². The number of nitrogens with zero attached hydrogens (tertiary/aromatic N) is 1. The molecular weight excluding hydrogens is 264 g/mol. The van der Waals surface area contributed by atoms with E-state index in [1.54, 1.807) is 6.92 Å². The van der Waals surface area contributed by atoms with Gasteiger partial charge in [-0.2, -0.15) is 0 Å². The molecule has 1 aliphatic rings. The molecule has 6 heteroatoms. The summed E-state index contributed by atoms with van der Waals surface area (Å²) < 4.78 is 4.82. The maximum absolute atomic E-state index is 11.9. The van der Waals surface area contributed by atoms with Gasteiger partial charge in [0.1, 0.15) is 6.04 Å². The molecule has 1 atom stereocenters. The molecule has 1 amide bonds. The Morgan fingerprint density at radius 2 is 2.05 bits per heavy atom. The first-order valence-electron chi connectivity index (χ1n) is 6.82. The highest BCUT2D eigenvalue weighted by atomic mass is 32.2. The van der Waals surface area contributed by atoms with Crippen LogP contribution in [0.25, 0.3) is 0 Å². The van der Waals surface area contributed by atoms with Crippen molar-refractivity contribution in [3.8, 4) is 0 Å². The largest absolute Gasteiger partial charge is 0.465 e. The Balaban J connectivity index is 2.18. The number of piperidine rings is 1. The number of thioether (sulfide) groups is 1. The van der Waals surface area contributed by atoms with Crippen molar-refractivity contribution in [1.82, 2.24) is 4.90 Å². The Labute approximate surface area is 119 Å². The Morgan fingerprint density at radius 3 is 2.63 bits per heavy atom. The van der Waals surface area contributed by atoms with Crippen LogP contribution in [0.2, 0.25) is 0 Å². The van der Waals surface area contributed by atoms with Crippen molar-refractivity contribution < 1.29 is 14.3 Å². The minimum atomic E-state index is -0.640. The van der Waals surface area contributed by atoms with Crippen molar-refractivity contribution in [1.29, 1.82) is 0 Å². The van der Waals surface area contributed by atoms with E-state index in [0.29, 0.717) is 24.0 Å². The van der Waals surface area contributed by atoms with Gasteiger partial charge in [0.25, 0.3) is 0 Å². The highest BCUT2D eigenvalue weighted by Crippen LogP contribution is 2.17. The Morgan fingerprint density at radius 1 is 1.42 bits per heavy atom. The zero-order chi connectivity index (χ0) is 14.3. The number of carbonyl (C=O) groups is 2. The fourth-order valence-corrected chi connectivity index (χ4v) is 2.80. The summed E-state index contributed by atoms with van der Waals surface area (Å²) >= 11 is 1.40. The van der Waals surface area contributed by atoms with Crippen molar-refractivity contribution in [2.45, 2.75) is 32.7 Å². The normalized spacial score (nSPS) is 18.2. The average molecular weight is 288 g/mol. The summed E-state index contributed by atoms with van der Waals surface area (Å²) in [5.41, 5.74) is 5.67. The fourth-order valence-electron chi connectivity index (χ4n) is 1.94. The van der Waals surface area contributed by atoms with Gasteiger partial charge in [-0.1, -0.05) is 6.92 Å². The van der Waals surface area contributed by atoms with Crippen LogP contribution < -0.4 is 5.73 Å². The number of esters is 1. The van der Waals surface area contributed by atoms with Crippen molar-refractivity contribution in [2.24, 2.45) is 11.7 Å². The summed E-state index contributed by atoms with van der Waals surface area (Å²) in [6.45, 7) is 6.00. The first-order chi connectivity index (χ1) is 9.04. The third kappa shape index (κ3) is 5.82. The van der Waals surface area contributed by atoms with Crippen LogP contribution in [0.3, 0.4) is 0 Å². The van der Waals surface area contributed by atoms with Gasteiger partial charge in [-0.3, -0.25) is 9.59 Å². The maximum Gasteiger partial charge on any atom is 0.323 e. The van der Waals surface area contributed by atoms with Crippen LogP contribution in [-0.2, 0) is 14.3 Å². The number of likely N-dealkylation sites (tertiary alicyclic amines) is 1. The lowest BCUT2D eigenvalue weighted by atomic mass is 9.99. The number of hydrogen-bond acceptors (Lipinski definition) is 5. The third-order valence-electron chi connectivity index (χ3n) is 3.25. The topological polar surface area (TPSA) is 72.6 Å². The van der Waals surface area contributed by atoms with Gasteiger partial charge >= 0.3 is 5.97 Å². The van der Waals surface area contributed by atoms with Gasteiger partial charge in [0, 0.05) is 18.8 Å². The highest BCUT2D eigenvalue weighted by Gasteiger charge is 2.21. The third-order valence-corrected chi connectivity index (χ3v) is 4.29. The lowest BCUT2D eigenvalue weighted by Crippen LogP contribution is -2.39. The number of rotatable bonds is 6. The molecule has 2 N–H and O–H groups in total. The lowest BCUT2D eigenvalue weighted by Gasteiger charge is -2.30. The van der Waals surface area contributed by atoms with Crippen molar-refractivity contribution in [2.75, 3.05) is 31.2 Å². The lowest BCUT2D eigenvalue weighted by molar-refractivity contribution is -0.144. The molecule has 0 radical (unpaired) electrons. The highest BCUT2D eigenvalue weighted by molar-refractivity contribution is 8.00. The molecule has 0 aromatic rings. The number of nitrogens with two attached hydrogens (primary N) is 1. The first kappa shape index (κ1) is 16.3. The Hall–Kier alpha value is -0.750. The van der Waals surface area contributed by atoms with Gasteiger partial charge in [-0.15, -0.1) is 11.8 Å². The number of carbonyl (C=O) groups excluding carboxylic acids is 2. The molecule has 0 spiro atoms. The van der Waals surface area contributed by atoms with E-state index < -0.39 is 12.0 Å². The summed E-state index contributed by atoms with van der Waals surface area (Å²) in [6, 6.07) is -0.640. The van der Waals surface area contributed by atoms with Crippen LogP contribution >= 0.6 is 11.8 Å². The van der Waals surface area contributed by atoms with E-state index in [-0.39, 0.29) is 5.91 Å². The minimum Gasteiger partial charge on any atom is -0.465 e. The van der Waals surface area contributed by atoms with Gasteiger partial charge in [0.2, 0.25) is 5.91 Å². The molecule has 0 saturated carbocycles. The quantitative estimate of drug-likeness (QED) is 0.734. The Kier molecular flexibility index (Phi) is 7.23. The zero-order valence-corrected chi connectivity index (χ0v) is 12.6. The monoisotopic (exact) mass is 288 g/mol. The minimum absolute atomic E-state index is 0.146. The number of amides is 1. The summed E-state index contributed by atoms with van der Waals surface area (Å²) in [7, 11) is 0. The van der Waals surface area contributed by atoms with Gasteiger partial charge in [0.05, 0.1) is 12.4 Å². The molecule has 1 rings (SSSR count). The molecule has 0 bridgehead atoms. The molecule has 110 valence electrons. The smallest absolute Gasteiger partial charge is 0.323 e. The summed E-state index contributed by atoms with van der Waals surface area (Å²) in [4.78, 5) is 25.1. The molecule has 5 nitrogen and oxygen atoms in total. The number of hydrogen-bond donors (Lipinski definition) is 1. The summed E-state index contributed by atoms with van der Waals surface area (Å²) in [6.07, 6.45) is 2.16. The van der Waals surface area contributed by atoms with E-state index in [1.165, 1.54) is 11.8 Å². The standard InChI is InChI=1S/C13H24N2O3S/c1-3-18-13(17)11(14)8-19-9-12(16)15-6-4-10(2)5-7-15/h10-11H,3-9,14H2,1-2H3. The zero-order valence-electron chi connectivity index (χ0n) is 11.8. The van der Waals surface area contributed by atoms with Crippen LogP contribution in [-0.4, -0.2) is 54.0 Å². The van der Waals surface area contributed by atoms with E-state index in [9.17, 15) is 9.59 Å². The van der Waals surface area contributed by atoms with Crippen LogP contribution in [0.4, 0.5) is 0 Å². The molecule has 0 aromatic carbocycles. The molecule has 0 aromatic heterocycles. The predicted octanol–water partition coefficient (Wildman–Crippen LogP) is 0.869. The molecule has 0 aliphatic carbocycles. The summed E-state index contributed by atoms with van der Waals surface area (Å²) in [5.74, 6) is 1.28. The second-order valence-electron chi connectivity index (χ2n) is 4.94. The van der Waals surface area contributed by atoms with Gasteiger partial charge in [-0.05, 0) is 25.7 Å². The van der Waals surface area contributed by atoms with Crippen LogP contribution in [0.1, 0.15) is 26.7 Å². The van der Waals surface area contributed by atoms with Crippen molar-refractivity contribution in [3.05, 3.63) is 0 Å². The first-order valence-corrected chi connectivity index (χ1v) is 7.97. The average Bonchev–Trinajstić information content (AvgIpc) is 2.39. The number of ether oxygens (including phenoxy) is 1. The maximum atomic E-state index is 11.9. The molecule has 19 heavy (non-hydrogen) atoms. The molecule has 1 fully saturated rings. The van der Waals surface area contributed by atoms with E-state index in [2.05, 4.69) is 6.92 Å². The van der Waals surface area contributed by atoms with Crippen molar-refractivity contribution in [3.63, 3.8) is 0 Å². The van der Waals surface area contributed by atoms with Crippen LogP contribution in [0.15, 0.2) is 0 Å². The predicted molar refractivity (Wildman–Crippen MR) is 76.9 cm³/mol. The van der Waals surface area contributed by atoms with E-state index in [4.69, 9.17) is 10.5 Å². The van der Waals surface area contributed by atoms with E-state index >= 15 is 0 Å². The van der Waals surface area contributed by atoms with E-state index in [0.717, 1.165) is 25.9 Å². The molecule has 1 aliphatic heterocycles. The molecule has 1 unspecified atom stereocenters. The fraction of sp³-hybridized carbons (Fsp3) is 0.846. The van der Waals surface area contributed by atoms with Crippen LogP contribution in [0.5, 0.6) is 0 Å². The Bertz CT molecular complexity index is 304. The molecule has 1 heterocycles. The molecule has 1 saturated heterocycles. The van der Waals surface area contributed by atoms with Gasteiger partial charge in [0.15, 0.2) is 0 Å². The second kappa shape index (κ2) is 8.43. The second-order valence-corrected chi connectivity index (χ2v) is 5.97. The van der Waals surface area contributed by atoms with Crippen LogP contribution in [0, 0.1) is 5.92 Å². The van der Waals surface area contributed by atoms with Crippen molar-refractivity contribution >= 4 is 23.6 Å². The summed E-state index contributed by atoms with van der Waals surface area (Å²) in [5, 5.41) is 0. The van der Waals surface area contributed by atoms with E-state index in [1.807, 2.05) is 4.90 Å². The molecular formula is C13H24N2O3S. The SMILES string of the molecule is CCOC(=O)C(N)CSCC(=O)N1CCC(C)CC1.